The molecule has 0 saturated heterocycles. The molecule has 21 heavy (non-hydrogen) atoms. The maximum Gasteiger partial charge on any atom is 0.358 e. The highest BCUT2D eigenvalue weighted by atomic mass is 127. The van der Waals surface area contributed by atoms with Crippen molar-refractivity contribution in [3.05, 3.63) is 35.4 Å². The van der Waals surface area contributed by atoms with E-state index in [1.54, 1.807) is 13.0 Å². The molecule has 1 aromatic rings. The van der Waals surface area contributed by atoms with Gasteiger partial charge in [0.05, 0.1) is 18.0 Å². The van der Waals surface area contributed by atoms with Crippen LogP contribution < -0.4 is 0 Å². The zero-order valence-corrected chi connectivity index (χ0v) is 14.0. The van der Waals surface area contributed by atoms with Gasteiger partial charge in [-0.25, -0.2) is 9.48 Å². The van der Waals surface area contributed by atoms with E-state index in [0.29, 0.717) is 11.5 Å². The monoisotopic (exact) mass is 404 g/mol. The van der Waals surface area contributed by atoms with Crippen LogP contribution >= 0.6 is 22.6 Å². The Hall–Kier alpha value is -1.35. The molecule has 1 aliphatic rings. The maximum absolute atomic E-state index is 11.8. The smallest absolute Gasteiger partial charge is 0.358 e. The van der Waals surface area contributed by atoms with Crippen LogP contribution in [0.25, 0.3) is 5.70 Å². The number of alkyl halides is 1. The molecule has 1 unspecified atom stereocenters. The Kier molecular flexibility index (Phi) is 5.40. The number of esters is 1. The molecule has 0 saturated carbocycles. The van der Waals surface area contributed by atoms with Gasteiger partial charge >= 0.3 is 5.97 Å². The molecule has 0 aromatic carbocycles. The van der Waals surface area contributed by atoms with Crippen LogP contribution in [0.5, 0.6) is 0 Å². The lowest BCUT2D eigenvalue weighted by Gasteiger charge is -2.07. The molecule has 2 heterocycles. The van der Waals surface area contributed by atoms with E-state index in [1.807, 2.05) is 19.1 Å². The van der Waals surface area contributed by atoms with E-state index in [0.717, 1.165) is 10.1 Å². The molecule has 1 aromatic heterocycles. The summed E-state index contributed by atoms with van der Waals surface area (Å²) in [4.78, 5) is 11.8. The van der Waals surface area contributed by atoms with Crippen LogP contribution in [0.3, 0.4) is 0 Å². The van der Waals surface area contributed by atoms with E-state index in [1.165, 1.54) is 4.68 Å². The van der Waals surface area contributed by atoms with E-state index in [2.05, 4.69) is 27.7 Å². The molecule has 0 bridgehead atoms. The van der Waals surface area contributed by atoms with Crippen LogP contribution in [-0.2, 0) is 9.47 Å². The van der Waals surface area contributed by atoms with Gasteiger partial charge in [-0.2, -0.15) is 5.10 Å². The molecule has 0 radical (unpaired) electrons. The maximum atomic E-state index is 11.8. The number of nitrogens with zero attached hydrogens (tertiary/aromatic N) is 2. The lowest BCUT2D eigenvalue weighted by atomic mass is 10.2. The third kappa shape index (κ3) is 3.46. The second-order valence-corrected chi connectivity index (χ2v) is 5.30. The average Bonchev–Trinajstić information content (AvgIpc) is 2.88. The summed E-state index contributed by atoms with van der Waals surface area (Å²) in [6, 6.07) is 1.54. The normalized spacial score (nSPS) is 18.4. The Morgan fingerprint density at radius 3 is 3.14 bits per heavy atom. The van der Waals surface area contributed by atoms with Gasteiger partial charge in [0.2, 0.25) is 0 Å². The van der Waals surface area contributed by atoms with Gasteiger partial charge < -0.3 is 14.6 Å². The molecule has 0 fully saturated rings. The number of ether oxygens (including phenoxy) is 2. The summed E-state index contributed by atoms with van der Waals surface area (Å²) < 4.78 is 12.9. The Labute approximate surface area is 136 Å². The van der Waals surface area contributed by atoms with Crippen LogP contribution in [0.4, 0.5) is 0 Å². The Morgan fingerprint density at radius 1 is 1.71 bits per heavy atom. The fourth-order valence-corrected chi connectivity index (χ4v) is 2.24. The molecule has 6 nitrogen and oxygen atoms in total. The number of fused-ring (bicyclic) bond motifs is 1. The second kappa shape index (κ2) is 7.08. The largest absolute Gasteiger partial charge is 0.489 e. The fourth-order valence-electron chi connectivity index (χ4n) is 1.99. The highest BCUT2D eigenvalue weighted by Crippen LogP contribution is 2.26. The summed E-state index contributed by atoms with van der Waals surface area (Å²) in [5.41, 5.74) is 1.43. The number of hydrogen-bond acceptors (Lipinski definition) is 5. The predicted molar refractivity (Wildman–Crippen MR) is 86.0 cm³/mol. The van der Waals surface area contributed by atoms with Gasteiger partial charge in [-0.3, -0.25) is 0 Å². The predicted octanol–water partition coefficient (Wildman–Crippen LogP) is 2.30. The van der Waals surface area contributed by atoms with Crippen LogP contribution in [0.1, 0.15) is 36.1 Å². The number of aromatic nitrogens is 2. The summed E-state index contributed by atoms with van der Waals surface area (Å²) in [5, 5.41) is 14.4. The zero-order valence-electron chi connectivity index (χ0n) is 11.9. The number of carbonyl (C=O) groups is 1. The van der Waals surface area contributed by atoms with Gasteiger partial charge in [0.1, 0.15) is 18.5 Å². The topological polar surface area (TPSA) is 73.6 Å². The minimum Gasteiger partial charge on any atom is -0.489 e. The highest BCUT2D eigenvalue weighted by Gasteiger charge is 2.25. The summed E-state index contributed by atoms with van der Waals surface area (Å²) in [6.07, 6.45) is 2.95. The average molecular weight is 404 g/mol. The first-order valence-electron chi connectivity index (χ1n) is 6.60. The summed E-state index contributed by atoms with van der Waals surface area (Å²) in [6.45, 7) is 3.97. The number of rotatable bonds is 4. The molecule has 114 valence electrons. The molecule has 1 N–H and O–H groups in total. The summed E-state index contributed by atoms with van der Waals surface area (Å²) in [5.74, 6) is 0.131. The fraction of sp³-hybridized carbons (Fsp3) is 0.429. The Balaban J connectivity index is 2.44. The number of hydrogen-bond donors (Lipinski definition) is 1. The summed E-state index contributed by atoms with van der Waals surface area (Å²) >= 11 is 2.23. The van der Waals surface area contributed by atoms with Crippen LogP contribution in [0.15, 0.2) is 24.0 Å². The van der Waals surface area contributed by atoms with E-state index < -0.39 is 12.1 Å². The minimum atomic E-state index is -0.846. The van der Waals surface area contributed by atoms with Crippen molar-refractivity contribution in [2.24, 2.45) is 0 Å². The zero-order chi connectivity index (χ0) is 15.4. The highest BCUT2D eigenvalue weighted by molar-refractivity contribution is 14.1. The van der Waals surface area contributed by atoms with Crippen molar-refractivity contribution < 1.29 is 19.4 Å². The second-order valence-electron chi connectivity index (χ2n) is 4.42. The number of carbonyl (C=O) groups excluding carboxylic acids is 1. The lowest BCUT2D eigenvalue weighted by molar-refractivity contribution is 0.0518. The molecule has 7 heteroatoms. The quantitative estimate of drug-likeness (QED) is 0.474. The first kappa shape index (κ1) is 16.0. The van der Waals surface area contributed by atoms with Gasteiger partial charge in [-0.05, 0) is 26.0 Å². The first-order valence-corrected chi connectivity index (χ1v) is 8.12. The minimum absolute atomic E-state index is 0.117. The van der Waals surface area contributed by atoms with Crippen molar-refractivity contribution in [2.45, 2.75) is 20.0 Å². The van der Waals surface area contributed by atoms with Gasteiger partial charge in [-0.1, -0.05) is 28.7 Å². The number of allylic oxidation sites excluding steroid dienone is 3. The molecule has 0 spiro atoms. The van der Waals surface area contributed by atoms with Crippen molar-refractivity contribution >= 4 is 34.3 Å². The van der Waals surface area contributed by atoms with Crippen molar-refractivity contribution in [1.29, 1.82) is 0 Å². The van der Waals surface area contributed by atoms with Gasteiger partial charge in [0.25, 0.3) is 0 Å². The Bertz CT molecular complexity index is 592. The van der Waals surface area contributed by atoms with E-state index in [4.69, 9.17) is 9.47 Å². The molecule has 2 rings (SSSR count). The van der Waals surface area contributed by atoms with Crippen molar-refractivity contribution in [2.75, 3.05) is 17.6 Å². The van der Waals surface area contributed by atoms with Gasteiger partial charge in [-0.15, -0.1) is 0 Å². The standard InChI is InChI=1S/C14H17IN2O4/c1-3-20-14(19)10-7-11-12(18)8-21-13(5-4-6-15)9(2)17(11)16-10/h4-5,7,12,18H,3,6,8H2,1-2H3/b5-4-. The molecule has 1 aliphatic heterocycles. The number of aliphatic hydroxyl groups is 1. The van der Waals surface area contributed by atoms with Crippen molar-refractivity contribution in [1.82, 2.24) is 9.78 Å². The molecular weight excluding hydrogens is 387 g/mol. The molecule has 1 atom stereocenters. The number of aliphatic hydroxyl groups excluding tert-OH is 1. The van der Waals surface area contributed by atoms with Crippen LogP contribution in [0.2, 0.25) is 0 Å². The first-order chi connectivity index (χ1) is 10.1. The molecule has 0 aliphatic carbocycles. The molecular formula is C14H17IN2O4. The van der Waals surface area contributed by atoms with Crippen molar-refractivity contribution in [3.8, 4) is 0 Å². The number of halogens is 1. The van der Waals surface area contributed by atoms with Crippen molar-refractivity contribution in [3.63, 3.8) is 0 Å². The lowest BCUT2D eigenvalue weighted by Crippen LogP contribution is -2.08. The SMILES string of the molecule is CCOC(=O)c1cc2n(n1)C(C)=C(/C=C\CI)OCC2O. The molecule has 0 amide bonds. The van der Waals surface area contributed by atoms with Crippen LogP contribution in [-0.4, -0.2) is 38.5 Å². The third-order valence-corrected chi connectivity index (χ3v) is 3.50. The van der Waals surface area contributed by atoms with E-state index in [-0.39, 0.29) is 18.9 Å². The van der Waals surface area contributed by atoms with Gasteiger partial charge in [0, 0.05) is 4.43 Å². The van der Waals surface area contributed by atoms with E-state index in [9.17, 15) is 9.90 Å². The van der Waals surface area contributed by atoms with E-state index >= 15 is 0 Å². The Morgan fingerprint density at radius 2 is 2.48 bits per heavy atom. The third-order valence-electron chi connectivity index (χ3n) is 2.99. The van der Waals surface area contributed by atoms with Crippen LogP contribution in [0, 0.1) is 0 Å². The summed E-state index contributed by atoms with van der Waals surface area (Å²) in [7, 11) is 0. The van der Waals surface area contributed by atoms with Gasteiger partial charge in [0.15, 0.2) is 5.69 Å².